The zero-order chi connectivity index (χ0) is 14.7. The lowest BCUT2D eigenvalue weighted by Gasteiger charge is -2.37. The van der Waals surface area contributed by atoms with E-state index in [1.165, 1.54) is 11.4 Å². The number of nitrogens with zero attached hydrogens (tertiary/aromatic N) is 2. The Morgan fingerprint density at radius 3 is 2.19 bits per heavy atom. The van der Waals surface area contributed by atoms with E-state index in [0.717, 1.165) is 36.2 Å². The van der Waals surface area contributed by atoms with E-state index in [4.69, 9.17) is 5.73 Å². The standard InChI is InChI=1S/C17H20BrN3/c18-16-12-14(13-19)6-7-17(16)21-10-8-20(9-11-21)15-4-2-1-3-5-15/h1-7,12H,8-11,13,19H2. The molecular weight excluding hydrogens is 326 g/mol. The minimum absolute atomic E-state index is 0.584. The topological polar surface area (TPSA) is 32.5 Å². The van der Waals surface area contributed by atoms with Crippen LogP contribution >= 0.6 is 15.9 Å². The Labute approximate surface area is 134 Å². The molecule has 4 heteroatoms. The van der Waals surface area contributed by atoms with Gasteiger partial charge in [-0.3, -0.25) is 0 Å². The minimum atomic E-state index is 0.584. The Balaban J connectivity index is 1.68. The van der Waals surface area contributed by atoms with Gasteiger partial charge in [0.05, 0.1) is 5.69 Å². The third-order valence-corrected chi connectivity index (χ3v) is 4.62. The molecule has 2 aromatic carbocycles. The summed E-state index contributed by atoms with van der Waals surface area (Å²) in [4.78, 5) is 4.88. The second-order valence-electron chi connectivity index (χ2n) is 5.30. The summed E-state index contributed by atoms with van der Waals surface area (Å²) < 4.78 is 1.14. The molecule has 0 amide bonds. The monoisotopic (exact) mass is 345 g/mol. The van der Waals surface area contributed by atoms with Gasteiger partial charge in [0.2, 0.25) is 0 Å². The lowest BCUT2D eigenvalue weighted by Crippen LogP contribution is -2.46. The molecule has 3 nitrogen and oxygen atoms in total. The number of hydrogen-bond donors (Lipinski definition) is 1. The number of nitrogens with two attached hydrogens (primary N) is 1. The predicted octanol–water partition coefficient (Wildman–Crippen LogP) is 3.23. The molecule has 0 saturated carbocycles. The Bertz CT molecular complexity index is 592. The van der Waals surface area contributed by atoms with Crippen molar-refractivity contribution in [3.05, 3.63) is 58.6 Å². The van der Waals surface area contributed by atoms with Crippen LogP contribution in [0.5, 0.6) is 0 Å². The van der Waals surface area contributed by atoms with Gasteiger partial charge in [0.1, 0.15) is 0 Å². The van der Waals surface area contributed by atoms with Gasteiger partial charge >= 0.3 is 0 Å². The van der Waals surface area contributed by atoms with Crippen LogP contribution in [-0.4, -0.2) is 26.2 Å². The third kappa shape index (κ3) is 3.22. The van der Waals surface area contributed by atoms with Crippen molar-refractivity contribution >= 4 is 27.3 Å². The molecule has 2 aromatic rings. The first-order chi connectivity index (χ1) is 10.3. The molecule has 1 saturated heterocycles. The second-order valence-corrected chi connectivity index (χ2v) is 6.15. The summed E-state index contributed by atoms with van der Waals surface area (Å²) >= 11 is 3.67. The van der Waals surface area contributed by atoms with Crippen LogP contribution in [0.25, 0.3) is 0 Å². The summed E-state index contributed by atoms with van der Waals surface area (Å²) in [6, 6.07) is 17.0. The minimum Gasteiger partial charge on any atom is -0.368 e. The number of hydrogen-bond acceptors (Lipinski definition) is 3. The maximum Gasteiger partial charge on any atom is 0.0512 e. The first-order valence-corrected chi connectivity index (χ1v) is 8.10. The highest BCUT2D eigenvalue weighted by atomic mass is 79.9. The normalized spacial score (nSPS) is 15.3. The average Bonchev–Trinajstić information content (AvgIpc) is 2.56. The molecular formula is C17H20BrN3. The van der Waals surface area contributed by atoms with E-state index in [9.17, 15) is 0 Å². The van der Waals surface area contributed by atoms with Gasteiger partial charge in [0, 0.05) is 42.9 Å². The van der Waals surface area contributed by atoms with Crippen LogP contribution in [0.1, 0.15) is 5.56 Å². The highest BCUT2D eigenvalue weighted by Gasteiger charge is 2.18. The van der Waals surface area contributed by atoms with Crippen LogP contribution in [0, 0.1) is 0 Å². The molecule has 21 heavy (non-hydrogen) atoms. The van der Waals surface area contributed by atoms with Crippen LogP contribution in [0.3, 0.4) is 0 Å². The van der Waals surface area contributed by atoms with Crippen LogP contribution in [0.15, 0.2) is 53.0 Å². The van der Waals surface area contributed by atoms with E-state index < -0.39 is 0 Å². The van der Waals surface area contributed by atoms with Gasteiger partial charge < -0.3 is 15.5 Å². The number of para-hydroxylation sites is 1. The fourth-order valence-electron chi connectivity index (χ4n) is 2.78. The Kier molecular flexibility index (Phi) is 4.46. The molecule has 2 N–H and O–H groups in total. The van der Waals surface area contributed by atoms with Gasteiger partial charge in [-0.15, -0.1) is 0 Å². The van der Waals surface area contributed by atoms with Gasteiger partial charge in [-0.05, 0) is 45.8 Å². The molecule has 1 fully saturated rings. The molecule has 0 aliphatic carbocycles. The number of benzene rings is 2. The molecule has 110 valence electrons. The van der Waals surface area contributed by atoms with E-state index in [0.29, 0.717) is 6.54 Å². The highest BCUT2D eigenvalue weighted by molar-refractivity contribution is 9.10. The van der Waals surface area contributed by atoms with Crippen molar-refractivity contribution in [3.63, 3.8) is 0 Å². The van der Waals surface area contributed by atoms with Gasteiger partial charge in [-0.2, -0.15) is 0 Å². The fraction of sp³-hybridized carbons (Fsp3) is 0.294. The SMILES string of the molecule is NCc1ccc(N2CCN(c3ccccc3)CC2)c(Br)c1. The molecule has 0 radical (unpaired) electrons. The lowest BCUT2D eigenvalue weighted by atomic mass is 10.1. The van der Waals surface area contributed by atoms with Crippen molar-refractivity contribution in [2.75, 3.05) is 36.0 Å². The molecule has 0 unspecified atom stereocenters. The van der Waals surface area contributed by atoms with Crippen molar-refractivity contribution in [2.45, 2.75) is 6.54 Å². The summed E-state index contributed by atoms with van der Waals surface area (Å²) in [6.07, 6.45) is 0. The van der Waals surface area contributed by atoms with Gasteiger partial charge in [0.15, 0.2) is 0 Å². The number of halogens is 1. The van der Waals surface area contributed by atoms with Crippen LogP contribution < -0.4 is 15.5 Å². The summed E-state index contributed by atoms with van der Waals surface area (Å²) in [5.41, 5.74) is 9.43. The molecule has 1 aliphatic heterocycles. The quantitative estimate of drug-likeness (QED) is 0.926. The van der Waals surface area contributed by atoms with Crippen LogP contribution in [0.2, 0.25) is 0 Å². The lowest BCUT2D eigenvalue weighted by molar-refractivity contribution is 0.652. The smallest absolute Gasteiger partial charge is 0.0512 e. The molecule has 0 bridgehead atoms. The summed E-state index contributed by atoms with van der Waals surface area (Å²) in [7, 11) is 0. The van der Waals surface area contributed by atoms with Gasteiger partial charge in [-0.1, -0.05) is 24.3 Å². The Morgan fingerprint density at radius 1 is 0.905 bits per heavy atom. The first kappa shape index (κ1) is 14.4. The molecule has 3 rings (SSSR count). The van der Waals surface area contributed by atoms with E-state index >= 15 is 0 Å². The molecule has 0 aromatic heterocycles. The Hall–Kier alpha value is -1.52. The Morgan fingerprint density at radius 2 is 1.57 bits per heavy atom. The second kappa shape index (κ2) is 6.50. The van der Waals surface area contributed by atoms with E-state index in [1.807, 2.05) is 0 Å². The van der Waals surface area contributed by atoms with Crippen LogP contribution in [-0.2, 0) is 6.54 Å². The number of anilines is 2. The van der Waals surface area contributed by atoms with E-state index in [2.05, 4.69) is 74.3 Å². The van der Waals surface area contributed by atoms with Crippen molar-refractivity contribution < 1.29 is 0 Å². The predicted molar refractivity (Wildman–Crippen MR) is 92.9 cm³/mol. The highest BCUT2D eigenvalue weighted by Crippen LogP contribution is 2.29. The van der Waals surface area contributed by atoms with Crippen LogP contribution in [0.4, 0.5) is 11.4 Å². The molecule has 1 aliphatic rings. The number of piperazine rings is 1. The van der Waals surface area contributed by atoms with Crippen molar-refractivity contribution in [2.24, 2.45) is 5.73 Å². The zero-order valence-corrected chi connectivity index (χ0v) is 13.6. The summed E-state index contributed by atoms with van der Waals surface area (Å²) in [6.45, 7) is 4.76. The summed E-state index contributed by atoms with van der Waals surface area (Å²) in [5, 5.41) is 0. The van der Waals surface area contributed by atoms with Crippen molar-refractivity contribution in [3.8, 4) is 0 Å². The van der Waals surface area contributed by atoms with Crippen molar-refractivity contribution in [1.29, 1.82) is 0 Å². The molecule has 0 atom stereocenters. The average molecular weight is 346 g/mol. The molecule has 0 spiro atoms. The van der Waals surface area contributed by atoms with E-state index in [1.54, 1.807) is 0 Å². The molecule has 1 heterocycles. The maximum absolute atomic E-state index is 5.69. The largest absolute Gasteiger partial charge is 0.368 e. The fourth-order valence-corrected chi connectivity index (χ4v) is 3.46. The third-order valence-electron chi connectivity index (χ3n) is 3.99. The first-order valence-electron chi connectivity index (χ1n) is 7.31. The van der Waals surface area contributed by atoms with E-state index in [-0.39, 0.29) is 0 Å². The van der Waals surface area contributed by atoms with Crippen molar-refractivity contribution in [1.82, 2.24) is 0 Å². The van der Waals surface area contributed by atoms with Gasteiger partial charge in [-0.25, -0.2) is 0 Å². The summed E-state index contributed by atoms with van der Waals surface area (Å²) in [5.74, 6) is 0. The zero-order valence-electron chi connectivity index (χ0n) is 12.0. The number of rotatable bonds is 3. The maximum atomic E-state index is 5.69. The van der Waals surface area contributed by atoms with Gasteiger partial charge in [0.25, 0.3) is 0 Å².